The molecule has 0 aromatic rings. The molecule has 1 aliphatic carbocycles. The highest BCUT2D eigenvalue weighted by molar-refractivity contribution is 4.85. The van der Waals surface area contributed by atoms with Gasteiger partial charge in [0.05, 0.1) is 0 Å². The van der Waals surface area contributed by atoms with Gasteiger partial charge in [-0.05, 0) is 38.1 Å². The Hall–Kier alpha value is -0.480. The highest BCUT2D eigenvalue weighted by atomic mass is 14.9. The van der Waals surface area contributed by atoms with Gasteiger partial charge in [-0.25, -0.2) is 0 Å². The lowest BCUT2D eigenvalue weighted by Crippen LogP contribution is -2.35. The molecule has 0 bridgehead atoms. The van der Waals surface area contributed by atoms with Crippen molar-refractivity contribution in [2.45, 2.75) is 64.3 Å². The summed E-state index contributed by atoms with van der Waals surface area (Å²) in [4.78, 5) is 0. The van der Waals surface area contributed by atoms with Gasteiger partial charge in [0.25, 0.3) is 0 Å². The van der Waals surface area contributed by atoms with E-state index in [4.69, 9.17) is 6.42 Å². The van der Waals surface area contributed by atoms with Crippen molar-refractivity contribution in [1.29, 1.82) is 0 Å². The Labute approximate surface area is 95.0 Å². The fourth-order valence-corrected chi connectivity index (χ4v) is 2.73. The fourth-order valence-electron chi connectivity index (χ4n) is 2.73. The summed E-state index contributed by atoms with van der Waals surface area (Å²) in [6, 6.07) is 0.760. The minimum absolute atomic E-state index is 0.760. The van der Waals surface area contributed by atoms with Crippen molar-refractivity contribution in [1.82, 2.24) is 5.32 Å². The predicted molar refractivity (Wildman–Crippen MR) is 66.7 cm³/mol. The molecule has 0 radical (unpaired) electrons. The maximum absolute atomic E-state index is 5.30. The number of hydrogen-bond donors (Lipinski definition) is 1. The van der Waals surface area contributed by atoms with Crippen LogP contribution < -0.4 is 5.32 Å². The lowest BCUT2D eigenvalue weighted by atomic mass is 9.89. The van der Waals surface area contributed by atoms with Crippen LogP contribution in [0.2, 0.25) is 0 Å². The van der Waals surface area contributed by atoms with Gasteiger partial charge in [0, 0.05) is 12.5 Å². The average Bonchev–Trinajstić information content (AvgIpc) is 2.45. The molecule has 1 aliphatic rings. The number of hydrogen-bond acceptors (Lipinski definition) is 1. The molecule has 0 saturated heterocycles. The molecule has 1 rings (SSSR count). The van der Waals surface area contributed by atoms with E-state index in [1.165, 1.54) is 44.9 Å². The Kier molecular flexibility index (Phi) is 6.52. The van der Waals surface area contributed by atoms with Crippen molar-refractivity contribution in [2.75, 3.05) is 6.54 Å². The zero-order valence-electron chi connectivity index (χ0n) is 10.1. The highest BCUT2D eigenvalue weighted by Crippen LogP contribution is 2.27. The highest BCUT2D eigenvalue weighted by Gasteiger charge is 2.21. The molecule has 0 aromatic carbocycles. The van der Waals surface area contributed by atoms with Crippen LogP contribution >= 0.6 is 0 Å². The van der Waals surface area contributed by atoms with Crippen LogP contribution in [0.3, 0.4) is 0 Å². The molecular formula is C14H25N. The van der Waals surface area contributed by atoms with Gasteiger partial charge in [-0.1, -0.05) is 26.2 Å². The lowest BCUT2D eigenvalue weighted by molar-refractivity contribution is 0.316. The molecule has 2 unspecified atom stereocenters. The summed E-state index contributed by atoms with van der Waals surface area (Å²) in [5.74, 6) is 3.63. The summed E-state index contributed by atoms with van der Waals surface area (Å²) < 4.78 is 0. The molecule has 1 nitrogen and oxygen atoms in total. The van der Waals surface area contributed by atoms with Crippen LogP contribution in [0.5, 0.6) is 0 Å². The largest absolute Gasteiger partial charge is 0.314 e. The Morgan fingerprint density at radius 1 is 1.27 bits per heavy atom. The minimum Gasteiger partial charge on any atom is -0.314 e. The quantitative estimate of drug-likeness (QED) is 0.414. The predicted octanol–water partition coefficient (Wildman–Crippen LogP) is 3.35. The maximum Gasteiger partial charge on any atom is 0.00952 e. The van der Waals surface area contributed by atoms with Crippen molar-refractivity contribution in [3.05, 3.63) is 0 Å². The van der Waals surface area contributed by atoms with E-state index in [1.54, 1.807) is 0 Å². The van der Waals surface area contributed by atoms with Gasteiger partial charge >= 0.3 is 0 Å². The van der Waals surface area contributed by atoms with Crippen molar-refractivity contribution >= 4 is 0 Å². The third-order valence-corrected chi connectivity index (χ3v) is 3.52. The maximum atomic E-state index is 5.30. The number of terminal acetylenes is 1. The number of nitrogens with one attached hydrogen (secondary N) is 1. The fraction of sp³-hybridized carbons (Fsp3) is 0.857. The van der Waals surface area contributed by atoms with Gasteiger partial charge in [-0.3, -0.25) is 0 Å². The van der Waals surface area contributed by atoms with Gasteiger partial charge in [0.1, 0.15) is 0 Å². The summed E-state index contributed by atoms with van der Waals surface area (Å²) >= 11 is 0. The second kappa shape index (κ2) is 7.77. The zero-order chi connectivity index (χ0) is 10.9. The number of unbranched alkanes of at least 4 members (excludes halogenated alkanes) is 1. The van der Waals surface area contributed by atoms with Crippen molar-refractivity contribution in [3.8, 4) is 12.3 Å². The molecule has 1 N–H and O–H groups in total. The Morgan fingerprint density at radius 2 is 2.07 bits per heavy atom. The first-order valence-electron chi connectivity index (χ1n) is 6.55. The van der Waals surface area contributed by atoms with Gasteiger partial charge in [-0.15, -0.1) is 12.3 Å². The van der Waals surface area contributed by atoms with Crippen LogP contribution in [0.4, 0.5) is 0 Å². The zero-order valence-corrected chi connectivity index (χ0v) is 10.1. The van der Waals surface area contributed by atoms with Crippen molar-refractivity contribution < 1.29 is 0 Å². The smallest absolute Gasteiger partial charge is 0.00952 e. The van der Waals surface area contributed by atoms with Crippen LogP contribution in [-0.2, 0) is 0 Å². The molecule has 0 aliphatic heterocycles. The lowest BCUT2D eigenvalue weighted by Gasteiger charge is -2.25. The van der Waals surface area contributed by atoms with E-state index in [2.05, 4.69) is 18.2 Å². The molecule has 1 heteroatoms. The molecule has 2 atom stereocenters. The molecular weight excluding hydrogens is 182 g/mol. The van der Waals surface area contributed by atoms with E-state index >= 15 is 0 Å². The second-order valence-electron chi connectivity index (χ2n) is 4.66. The summed E-state index contributed by atoms with van der Waals surface area (Å²) in [5.41, 5.74) is 0. The van der Waals surface area contributed by atoms with E-state index in [0.29, 0.717) is 0 Å². The summed E-state index contributed by atoms with van der Waals surface area (Å²) in [7, 11) is 0. The first kappa shape index (κ1) is 12.6. The van der Waals surface area contributed by atoms with E-state index in [9.17, 15) is 0 Å². The van der Waals surface area contributed by atoms with Crippen molar-refractivity contribution in [2.24, 2.45) is 5.92 Å². The van der Waals surface area contributed by atoms with Crippen LogP contribution in [0.15, 0.2) is 0 Å². The molecule has 0 aromatic heterocycles. The van der Waals surface area contributed by atoms with Crippen molar-refractivity contribution in [3.63, 3.8) is 0 Å². The average molecular weight is 207 g/mol. The van der Waals surface area contributed by atoms with Crippen LogP contribution in [0.1, 0.15) is 58.3 Å². The van der Waals surface area contributed by atoms with E-state index in [0.717, 1.165) is 24.9 Å². The monoisotopic (exact) mass is 207 g/mol. The summed E-state index contributed by atoms with van der Waals surface area (Å²) in [6.07, 6.45) is 15.8. The van der Waals surface area contributed by atoms with E-state index in [-0.39, 0.29) is 0 Å². The molecule has 1 fully saturated rings. The summed E-state index contributed by atoms with van der Waals surface area (Å²) in [5, 5.41) is 3.65. The van der Waals surface area contributed by atoms with Crippen LogP contribution in [-0.4, -0.2) is 12.6 Å². The Morgan fingerprint density at radius 3 is 2.80 bits per heavy atom. The van der Waals surface area contributed by atoms with Gasteiger partial charge in [-0.2, -0.15) is 0 Å². The topological polar surface area (TPSA) is 12.0 Å². The molecule has 0 spiro atoms. The first-order valence-corrected chi connectivity index (χ1v) is 6.55. The number of rotatable bonds is 5. The Bertz CT molecular complexity index is 192. The third-order valence-electron chi connectivity index (χ3n) is 3.52. The van der Waals surface area contributed by atoms with Crippen LogP contribution in [0, 0.1) is 18.3 Å². The molecule has 15 heavy (non-hydrogen) atoms. The summed E-state index contributed by atoms with van der Waals surface area (Å²) in [6.45, 7) is 3.32. The van der Waals surface area contributed by atoms with Gasteiger partial charge in [0.2, 0.25) is 0 Å². The standard InChI is InChI=1S/C14H25N/c1-3-5-7-10-13-11-8-6-9-12-14(13)15-4-2/h1,13-15H,4-12H2,2H3. The van der Waals surface area contributed by atoms with E-state index in [1.807, 2.05) is 0 Å². The van der Waals surface area contributed by atoms with Gasteiger partial charge in [0.15, 0.2) is 0 Å². The molecule has 0 amide bonds. The third kappa shape index (κ3) is 4.71. The SMILES string of the molecule is C#CCCCC1CCCCCC1NCC. The second-order valence-corrected chi connectivity index (χ2v) is 4.66. The minimum atomic E-state index is 0.760. The normalized spacial score (nSPS) is 26.9. The van der Waals surface area contributed by atoms with Gasteiger partial charge < -0.3 is 5.32 Å². The van der Waals surface area contributed by atoms with Crippen LogP contribution in [0.25, 0.3) is 0 Å². The van der Waals surface area contributed by atoms with E-state index < -0.39 is 0 Å². The first-order chi connectivity index (χ1) is 7.38. The molecule has 1 saturated carbocycles. The Balaban J connectivity index is 2.36. The molecule has 86 valence electrons. The molecule has 0 heterocycles.